The molecular weight excluding hydrogens is 512 g/mol. The van der Waals surface area contributed by atoms with Gasteiger partial charge in [-0.25, -0.2) is 8.78 Å². The number of piperidine rings is 1. The van der Waals surface area contributed by atoms with Gasteiger partial charge in [0, 0.05) is 33.1 Å². The Hall–Kier alpha value is -3.62. The first-order valence-electron chi connectivity index (χ1n) is 13.8. The zero-order valence-corrected chi connectivity index (χ0v) is 22.7. The number of carbonyl (C=O) groups is 2. The number of benzene rings is 3. The number of likely N-dealkylation sites (tertiary alicyclic amines) is 1. The zero-order valence-electron chi connectivity index (χ0n) is 22.7. The molecule has 2 heterocycles. The fraction of sp³-hybridized carbons (Fsp3) is 0.375. The van der Waals surface area contributed by atoms with Crippen LogP contribution in [0, 0.1) is 11.6 Å². The minimum Gasteiger partial charge on any atom is -0.359 e. The Kier molecular flexibility index (Phi) is 8.57. The van der Waals surface area contributed by atoms with Crippen molar-refractivity contribution in [1.29, 1.82) is 0 Å². The van der Waals surface area contributed by atoms with Gasteiger partial charge in [-0.2, -0.15) is 0 Å². The maximum atomic E-state index is 14.1. The largest absolute Gasteiger partial charge is 0.359 e. The van der Waals surface area contributed by atoms with Crippen molar-refractivity contribution in [2.24, 2.45) is 0 Å². The molecule has 2 saturated heterocycles. The Labute approximate surface area is 233 Å². The molecule has 2 unspecified atom stereocenters. The third kappa shape index (κ3) is 6.40. The Morgan fingerprint density at radius 3 is 2.30 bits per heavy atom. The number of halogens is 2. The highest BCUT2D eigenvalue weighted by atomic mass is 19.2. The van der Waals surface area contributed by atoms with Gasteiger partial charge in [0.15, 0.2) is 11.6 Å². The maximum Gasteiger partial charge on any atom is 0.252 e. The fourth-order valence-electron chi connectivity index (χ4n) is 5.87. The van der Waals surface area contributed by atoms with Gasteiger partial charge in [-0.05, 0) is 48.1 Å². The highest BCUT2D eigenvalue weighted by Crippen LogP contribution is 2.34. The Balaban J connectivity index is 1.27. The number of ether oxygens (including phenoxy) is 1. The van der Waals surface area contributed by atoms with E-state index < -0.39 is 29.4 Å². The molecule has 0 radical (unpaired) electrons. The van der Waals surface area contributed by atoms with Crippen molar-refractivity contribution >= 4 is 11.8 Å². The third-order valence-corrected chi connectivity index (χ3v) is 7.99. The third-order valence-electron chi connectivity index (χ3n) is 7.99. The number of amides is 2. The highest BCUT2D eigenvalue weighted by molar-refractivity contribution is 5.81. The average molecular weight is 548 g/mol. The number of nitrogens with one attached hydrogen (secondary N) is 1. The summed E-state index contributed by atoms with van der Waals surface area (Å²) in [6.45, 7) is 4.39. The maximum absolute atomic E-state index is 14.1. The molecule has 3 aromatic carbocycles. The summed E-state index contributed by atoms with van der Waals surface area (Å²) in [7, 11) is 0. The van der Waals surface area contributed by atoms with Gasteiger partial charge in [-0.3, -0.25) is 9.59 Å². The second-order valence-electron chi connectivity index (χ2n) is 10.8. The fourth-order valence-corrected chi connectivity index (χ4v) is 5.87. The van der Waals surface area contributed by atoms with Crippen LogP contribution in [0.2, 0.25) is 0 Å². The monoisotopic (exact) mass is 547 g/mol. The molecule has 2 fully saturated rings. The van der Waals surface area contributed by atoms with Crippen LogP contribution in [0.25, 0.3) is 0 Å². The highest BCUT2D eigenvalue weighted by Gasteiger charge is 2.39. The molecule has 2 aliphatic heterocycles. The van der Waals surface area contributed by atoms with E-state index in [0.29, 0.717) is 25.1 Å². The van der Waals surface area contributed by atoms with E-state index in [0.717, 1.165) is 49.2 Å². The second kappa shape index (κ2) is 12.3. The van der Waals surface area contributed by atoms with Crippen LogP contribution in [0.4, 0.5) is 8.78 Å². The molecule has 8 heteroatoms. The van der Waals surface area contributed by atoms with E-state index in [9.17, 15) is 18.4 Å². The number of carbonyl (C=O) groups excluding carboxylic acids is 2. The van der Waals surface area contributed by atoms with Crippen molar-refractivity contribution < 1.29 is 23.1 Å². The first-order valence-corrected chi connectivity index (χ1v) is 13.8. The quantitative estimate of drug-likeness (QED) is 0.434. The van der Waals surface area contributed by atoms with E-state index in [1.807, 2.05) is 48.5 Å². The van der Waals surface area contributed by atoms with Gasteiger partial charge in [-0.1, -0.05) is 66.7 Å². The van der Waals surface area contributed by atoms with E-state index in [4.69, 9.17) is 4.74 Å². The summed E-state index contributed by atoms with van der Waals surface area (Å²) >= 11 is 0. The molecule has 210 valence electrons. The molecule has 5 rings (SSSR count). The summed E-state index contributed by atoms with van der Waals surface area (Å²) in [6.07, 6.45) is 0.726. The lowest BCUT2D eigenvalue weighted by Gasteiger charge is -2.43. The number of rotatable bonds is 8. The molecule has 40 heavy (non-hydrogen) atoms. The molecule has 0 aliphatic carbocycles. The van der Waals surface area contributed by atoms with Crippen LogP contribution in [-0.2, 0) is 26.4 Å². The van der Waals surface area contributed by atoms with Crippen molar-refractivity contribution in [2.75, 3.05) is 26.2 Å². The summed E-state index contributed by atoms with van der Waals surface area (Å²) in [5.74, 6) is -2.00. The first kappa shape index (κ1) is 27.9. The van der Waals surface area contributed by atoms with Gasteiger partial charge in [0.25, 0.3) is 5.91 Å². The van der Waals surface area contributed by atoms with Gasteiger partial charge in [0.2, 0.25) is 5.91 Å². The lowest BCUT2D eigenvalue weighted by molar-refractivity contribution is -0.165. The zero-order chi connectivity index (χ0) is 28.1. The van der Waals surface area contributed by atoms with E-state index >= 15 is 0 Å². The van der Waals surface area contributed by atoms with Gasteiger partial charge in [-0.15, -0.1) is 0 Å². The molecule has 6 nitrogen and oxygen atoms in total. The first-order chi connectivity index (χ1) is 19.3. The number of nitrogens with zero attached hydrogens (tertiary/aromatic N) is 2. The molecule has 0 saturated carbocycles. The van der Waals surface area contributed by atoms with E-state index in [1.54, 1.807) is 11.8 Å². The van der Waals surface area contributed by atoms with Crippen molar-refractivity contribution in [3.63, 3.8) is 0 Å². The summed E-state index contributed by atoms with van der Waals surface area (Å²) in [5, 5.41) is 3.20. The summed E-state index contributed by atoms with van der Waals surface area (Å²) in [6, 6.07) is 23.5. The molecule has 0 bridgehead atoms. The summed E-state index contributed by atoms with van der Waals surface area (Å²) in [4.78, 5) is 29.6. The van der Waals surface area contributed by atoms with Gasteiger partial charge in [0.1, 0.15) is 12.2 Å². The average Bonchev–Trinajstić information content (AvgIpc) is 2.96. The number of hydrogen-bond acceptors (Lipinski definition) is 4. The summed E-state index contributed by atoms with van der Waals surface area (Å²) in [5.41, 5.74) is 2.19. The Morgan fingerprint density at radius 1 is 0.975 bits per heavy atom. The van der Waals surface area contributed by atoms with Crippen LogP contribution >= 0.6 is 0 Å². The second-order valence-corrected chi connectivity index (χ2v) is 10.8. The topological polar surface area (TPSA) is 61.9 Å². The standard InChI is InChI=1S/C32H35F2N3O3/c1-23(38)35-32(26-10-6-3-7-11-26)15-18-36(19-16-32)17-14-29-31(39)37(21-24-8-4-2-5-9-24)22-30(40-29)25-12-13-27(33)28(34)20-25/h2-13,20,29-30H,14-19,21-22H2,1H3,(H,35,38). The molecule has 0 aromatic heterocycles. The van der Waals surface area contributed by atoms with Gasteiger partial charge >= 0.3 is 0 Å². The summed E-state index contributed by atoms with van der Waals surface area (Å²) < 4.78 is 33.9. The minimum absolute atomic E-state index is 0.0553. The van der Waals surface area contributed by atoms with Gasteiger partial charge in [0.05, 0.1) is 12.1 Å². The molecule has 1 N–H and O–H groups in total. The number of morpholine rings is 1. The van der Waals surface area contributed by atoms with E-state index in [1.165, 1.54) is 6.07 Å². The van der Waals surface area contributed by atoms with Crippen LogP contribution < -0.4 is 5.32 Å². The van der Waals surface area contributed by atoms with E-state index in [-0.39, 0.29) is 18.4 Å². The molecule has 2 aliphatic rings. The Morgan fingerprint density at radius 2 is 1.65 bits per heavy atom. The molecule has 2 atom stereocenters. The molecular formula is C32H35F2N3O3. The van der Waals surface area contributed by atoms with Crippen molar-refractivity contribution in [2.45, 2.75) is 50.5 Å². The van der Waals surface area contributed by atoms with Crippen LogP contribution in [0.1, 0.15) is 49.0 Å². The van der Waals surface area contributed by atoms with Crippen molar-refractivity contribution in [3.05, 3.63) is 107 Å². The lowest BCUT2D eigenvalue weighted by Crippen LogP contribution is -2.53. The van der Waals surface area contributed by atoms with Gasteiger partial charge < -0.3 is 19.9 Å². The predicted octanol–water partition coefficient (Wildman–Crippen LogP) is 4.95. The van der Waals surface area contributed by atoms with Crippen LogP contribution in [0.5, 0.6) is 0 Å². The minimum atomic E-state index is -0.932. The molecule has 2 amide bonds. The van der Waals surface area contributed by atoms with Crippen molar-refractivity contribution in [1.82, 2.24) is 15.1 Å². The molecule has 3 aromatic rings. The lowest BCUT2D eigenvalue weighted by atomic mass is 9.80. The smallest absolute Gasteiger partial charge is 0.252 e. The van der Waals surface area contributed by atoms with E-state index in [2.05, 4.69) is 22.3 Å². The number of hydrogen-bond donors (Lipinski definition) is 1. The molecule has 0 spiro atoms. The SMILES string of the molecule is CC(=O)NC1(c2ccccc2)CCN(CCC2OC(c3ccc(F)c(F)c3)CN(Cc3ccccc3)C2=O)CC1. The van der Waals surface area contributed by atoms with Crippen LogP contribution in [0.3, 0.4) is 0 Å². The van der Waals surface area contributed by atoms with Crippen molar-refractivity contribution in [3.8, 4) is 0 Å². The van der Waals surface area contributed by atoms with Crippen LogP contribution in [-0.4, -0.2) is 53.9 Å². The Bertz CT molecular complexity index is 1310. The normalized spacial score (nSPS) is 21.3. The van der Waals surface area contributed by atoms with Crippen LogP contribution in [0.15, 0.2) is 78.9 Å². The predicted molar refractivity (Wildman–Crippen MR) is 148 cm³/mol.